The topological polar surface area (TPSA) is 69.5 Å². The molecule has 1 aromatic heterocycles. The second-order valence-corrected chi connectivity index (χ2v) is 8.58. The molecule has 1 fully saturated rings. The van der Waals surface area contributed by atoms with Crippen molar-refractivity contribution in [3.05, 3.63) is 52.9 Å². The highest BCUT2D eigenvalue weighted by atomic mass is 15.3. The molecule has 7 nitrogen and oxygen atoms in total. The van der Waals surface area contributed by atoms with Crippen LogP contribution in [0.25, 0.3) is 12.2 Å². The van der Waals surface area contributed by atoms with Crippen LogP contribution in [-0.4, -0.2) is 65.5 Å². The van der Waals surface area contributed by atoms with Crippen LogP contribution in [0.5, 0.6) is 0 Å². The average Bonchev–Trinajstić information content (AvgIpc) is 3.17. The van der Waals surface area contributed by atoms with Crippen molar-refractivity contribution in [1.82, 2.24) is 19.9 Å². The molecule has 31 heavy (non-hydrogen) atoms. The minimum atomic E-state index is 0.525. The Morgan fingerprint density at radius 3 is 2.35 bits per heavy atom. The zero-order chi connectivity index (χ0) is 21.8. The van der Waals surface area contributed by atoms with Gasteiger partial charge in [-0.3, -0.25) is 4.99 Å². The van der Waals surface area contributed by atoms with Gasteiger partial charge in [0.25, 0.3) is 0 Å². The molecule has 0 unspecified atom stereocenters. The van der Waals surface area contributed by atoms with Crippen LogP contribution in [0.1, 0.15) is 43.6 Å². The second-order valence-electron chi connectivity index (χ2n) is 8.58. The summed E-state index contributed by atoms with van der Waals surface area (Å²) in [5, 5.41) is 3.26. The molecule has 162 valence electrons. The number of piperazine rings is 1. The van der Waals surface area contributed by atoms with E-state index >= 15 is 0 Å². The van der Waals surface area contributed by atoms with Crippen LogP contribution in [-0.2, 0) is 0 Å². The van der Waals surface area contributed by atoms with Crippen molar-refractivity contribution in [2.75, 3.05) is 50.0 Å². The van der Waals surface area contributed by atoms with E-state index in [9.17, 15) is 0 Å². The maximum Gasteiger partial charge on any atom is 0.233 e. The van der Waals surface area contributed by atoms with E-state index in [1.807, 2.05) is 18.2 Å². The number of nitrogens with zero attached hydrogens (tertiary/aromatic N) is 6. The Hall–Kier alpha value is -3.06. The molecule has 2 aliphatic heterocycles. The lowest BCUT2D eigenvalue weighted by Crippen LogP contribution is -2.45. The summed E-state index contributed by atoms with van der Waals surface area (Å²) in [4.78, 5) is 23.1. The van der Waals surface area contributed by atoms with Crippen molar-refractivity contribution in [3.8, 4) is 0 Å². The van der Waals surface area contributed by atoms with E-state index in [1.54, 1.807) is 0 Å². The predicted octanol–water partition coefficient (Wildman–Crippen LogP) is 3.69. The summed E-state index contributed by atoms with van der Waals surface area (Å²) >= 11 is 0. The SMILES string of the molecule is CC1=CC(Nc2nc(/C=C/c3ccc(C(C)C)cc3)nc(N3CCN(C)CC3)n2)=NC1. The largest absolute Gasteiger partial charge is 0.338 e. The quantitative estimate of drug-likeness (QED) is 0.800. The second kappa shape index (κ2) is 9.39. The Morgan fingerprint density at radius 1 is 0.968 bits per heavy atom. The Balaban J connectivity index is 1.59. The van der Waals surface area contributed by atoms with Crippen LogP contribution in [0.2, 0.25) is 0 Å². The van der Waals surface area contributed by atoms with E-state index < -0.39 is 0 Å². The minimum Gasteiger partial charge on any atom is -0.338 e. The summed E-state index contributed by atoms with van der Waals surface area (Å²) < 4.78 is 0. The van der Waals surface area contributed by atoms with Gasteiger partial charge in [-0.2, -0.15) is 15.0 Å². The molecule has 7 heteroatoms. The normalized spacial score (nSPS) is 17.4. The number of hydrogen-bond acceptors (Lipinski definition) is 7. The molecule has 2 aliphatic rings. The van der Waals surface area contributed by atoms with E-state index in [0.29, 0.717) is 23.6 Å². The average molecular weight is 418 g/mol. The first-order chi connectivity index (χ1) is 15.0. The first-order valence-corrected chi connectivity index (χ1v) is 10.9. The van der Waals surface area contributed by atoms with E-state index in [1.165, 1.54) is 11.1 Å². The van der Waals surface area contributed by atoms with Crippen molar-refractivity contribution in [2.24, 2.45) is 4.99 Å². The van der Waals surface area contributed by atoms with Crippen LogP contribution in [0, 0.1) is 0 Å². The number of benzene rings is 1. The molecule has 0 spiro atoms. The number of rotatable bonds is 5. The summed E-state index contributed by atoms with van der Waals surface area (Å²) in [6.07, 6.45) is 6.04. The lowest BCUT2D eigenvalue weighted by Gasteiger charge is -2.32. The van der Waals surface area contributed by atoms with Crippen molar-refractivity contribution < 1.29 is 0 Å². The molecule has 0 atom stereocenters. The smallest absolute Gasteiger partial charge is 0.233 e. The van der Waals surface area contributed by atoms with Gasteiger partial charge in [-0.1, -0.05) is 44.2 Å². The van der Waals surface area contributed by atoms with Crippen LogP contribution < -0.4 is 10.2 Å². The van der Waals surface area contributed by atoms with Gasteiger partial charge in [0, 0.05) is 26.2 Å². The highest BCUT2D eigenvalue weighted by Gasteiger charge is 2.18. The number of aromatic nitrogens is 3. The number of aliphatic imine (C=N–C) groups is 1. The van der Waals surface area contributed by atoms with Crippen LogP contribution in [0.3, 0.4) is 0 Å². The summed E-state index contributed by atoms with van der Waals surface area (Å²) in [5.74, 6) is 3.20. The molecule has 3 heterocycles. The Bertz CT molecular complexity index is 997. The molecule has 0 radical (unpaired) electrons. The van der Waals surface area contributed by atoms with Gasteiger partial charge in [-0.15, -0.1) is 0 Å². The van der Waals surface area contributed by atoms with Crippen LogP contribution in [0.4, 0.5) is 11.9 Å². The van der Waals surface area contributed by atoms with E-state index in [0.717, 1.165) is 44.1 Å². The summed E-state index contributed by atoms with van der Waals surface area (Å²) in [5.41, 5.74) is 3.68. The third-order valence-corrected chi connectivity index (χ3v) is 5.58. The molecule has 4 rings (SSSR count). The third-order valence-electron chi connectivity index (χ3n) is 5.58. The fraction of sp³-hybridized carbons (Fsp3) is 0.417. The molecule has 0 saturated carbocycles. The predicted molar refractivity (Wildman–Crippen MR) is 129 cm³/mol. The van der Waals surface area contributed by atoms with E-state index in [4.69, 9.17) is 4.98 Å². The molecule has 0 aliphatic carbocycles. The lowest BCUT2D eigenvalue weighted by molar-refractivity contribution is 0.311. The standard InChI is InChI=1S/C24H31N7/c1-17(2)20-8-5-19(6-9-20)7-10-21-26-23(27-22-15-18(3)16-25-22)29-24(28-21)31-13-11-30(4)12-14-31/h5-10,15,17H,11-14,16H2,1-4H3,(H,25,26,27,28,29)/b10-7+. The van der Waals surface area contributed by atoms with Crippen molar-refractivity contribution in [1.29, 1.82) is 0 Å². The highest BCUT2D eigenvalue weighted by molar-refractivity contribution is 6.04. The Labute approximate surface area is 184 Å². The zero-order valence-corrected chi connectivity index (χ0v) is 18.8. The first kappa shape index (κ1) is 21.2. The Morgan fingerprint density at radius 2 is 1.71 bits per heavy atom. The number of amidine groups is 1. The number of anilines is 2. The molecule has 2 aromatic rings. The summed E-state index contributed by atoms with van der Waals surface area (Å²) in [6.45, 7) is 11.0. The van der Waals surface area contributed by atoms with Crippen molar-refractivity contribution in [2.45, 2.75) is 26.7 Å². The molecule has 0 amide bonds. The maximum atomic E-state index is 4.74. The van der Waals surface area contributed by atoms with Gasteiger partial charge < -0.3 is 15.1 Å². The number of hydrogen-bond donors (Lipinski definition) is 1. The molecule has 1 aromatic carbocycles. The highest BCUT2D eigenvalue weighted by Crippen LogP contribution is 2.18. The molecule has 1 N–H and O–H groups in total. The minimum absolute atomic E-state index is 0.525. The fourth-order valence-electron chi connectivity index (χ4n) is 3.55. The number of nitrogens with one attached hydrogen (secondary N) is 1. The zero-order valence-electron chi connectivity index (χ0n) is 18.8. The Kier molecular flexibility index (Phi) is 6.42. The lowest BCUT2D eigenvalue weighted by atomic mass is 10.0. The summed E-state index contributed by atoms with van der Waals surface area (Å²) in [7, 11) is 2.14. The van der Waals surface area contributed by atoms with E-state index in [2.05, 4.69) is 82.2 Å². The van der Waals surface area contributed by atoms with Crippen LogP contribution in [0.15, 0.2) is 40.9 Å². The van der Waals surface area contributed by atoms with Crippen LogP contribution >= 0.6 is 0 Å². The third kappa shape index (κ3) is 5.55. The van der Waals surface area contributed by atoms with Gasteiger partial charge in [-0.25, -0.2) is 0 Å². The molecule has 1 saturated heterocycles. The molecular weight excluding hydrogens is 386 g/mol. The monoisotopic (exact) mass is 417 g/mol. The van der Waals surface area contributed by atoms with E-state index in [-0.39, 0.29) is 0 Å². The molecular formula is C24H31N7. The summed E-state index contributed by atoms with van der Waals surface area (Å²) in [6, 6.07) is 8.61. The van der Waals surface area contributed by atoms with Gasteiger partial charge in [0.2, 0.25) is 11.9 Å². The van der Waals surface area contributed by atoms with Gasteiger partial charge >= 0.3 is 0 Å². The van der Waals surface area contributed by atoms with Crippen molar-refractivity contribution >= 4 is 29.9 Å². The number of likely N-dealkylation sites (N-methyl/N-ethyl adjacent to an activating group) is 1. The maximum absolute atomic E-state index is 4.74. The van der Waals surface area contributed by atoms with Gasteiger partial charge in [0.15, 0.2) is 5.82 Å². The van der Waals surface area contributed by atoms with Gasteiger partial charge in [0.1, 0.15) is 5.84 Å². The fourth-order valence-corrected chi connectivity index (χ4v) is 3.55. The molecule has 0 bridgehead atoms. The van der Waals surface area contributed by atoms with Gasteiger partial charge in [-0.05, 0) is 48.7 Å². The first-order valence-electron chi connectivity index (χ1n) is 10.9. The van der Waals surface area contributed by atoms with Crippen molar-refractivity contribution in [3.63, 3.8) is 0 Å². The van der Waals surface area contributed by atoms with Gasteiger partial charge in [0.05, 0.1) is 6.54 Å².